The van der Waals surface area contributed by atoms with Crippen molar-refractivity contribution in [2.24, 2.45) is 5.73 Å². The monoisotopic (exact) mass is 322 g/mol. The van der Waals surface area contributed by atoms with Crippen LogP contribution in [0.25, 0.3) is 5.69 Å². The number of amides is 1. The molecule has 1 aromatic carbocycles. The second-order valence-corrected chi connectivity index (χ2v) is 5.24. The number of carbonyl (C=O) groups excluding carboxylic acids is 1. The molecule has 1 unspecified atom stereocenters. The van der Waals surface area contributed by atoms with E-state index in [1.807, 2.05) is 54.3 Å². The van der Waals surface area contributed by atoms with Crippen molar-refractivity contribution in [3.05, 3.63) is 48.3 Å². The maximum Gasteiger partial charge on any atom is 0.220 e. The van der Waals surface area contributed by atoms with Crippen LogP contribution >= 0.6 is 12.4 Å². The second-order valence-electron chi connectivity index (χ2n) is 5.24. The van der Waals surface area contributed by atoms with Crippen molar-refractivity contribution < 1.29 is 4.79 Å². The van der Waals surface area contributed by atoms with Gasteiger partial charge in [0.05, 0.1) is 11.9 Å². The number of hydrogen-bond acceptors (Lipinski definition) is 3. The number of nitrogens with one attached hydrogen (secondary N) is 1. The molecule has 0 fully saturated rings. The second kappa shape index (κ2) is 9.23. The van der Waals surface area contributed by atoms with Crippen molar-refractivity contribution in [2.45, 2.75) is 32.2 Å². The third-order valence-electron chi connectivity index (χ3n) is 3.22. The van der Waals surface area contributed by atoms with E-state index in [2.05, 4.69) is 10.4 Å². The molecular formula is C16H23ClN4O. The lowest BCUT2D eigenvalue weighted by atomic mass is 10.2. The van der Waals surface area contributed by atoms with Crippen molar-refractivity contribution in [1.82, 2.24) is 15.1 Å². The molecule has 0 aliphatic rings. The van der Waals surface area contributed by atoms with Gasteiger partial charge in [-0.15, -0.1) is 12.4 Å². The van der Waals surface area contributed by atoms with Gasteiger partial charge in [0, 0.05) is 25.2 Å². The zero-order valence-corrected chi connectivity index (χ0v) is 13.6. The predicted molar refractivity (Wildman–Crippen MR) is 90.4 cm³/mol. The average molecular weight is 323 g/mol. The zero-order chi connectivity index (χ0) is 15.1. The van der Waals surface area contributed by atoms with E-state index >= 15 is 0 Å². The van der Waals surface area contributed by atoms with Crippen molar-refractivity contribution in [1.29, 1.82) is 0 Å². The molecule has 0 saturated heterocycles. The smallest absolute Gasteiger partial charge is 0.220 e. The Morgan fingerprint density at radius 2 is 2.09 bits per heavy atom. The number of nitrogens with zero attached hydrogens (tertiary/aromatic N) is 2. The summed E-state index contributed by atoms with van der Waals surface area (Å²) >= 11 is 0. The van der Waals surface area contributed by atoms with Gasteiger partial charge in [0.25, 0.3) is 0 Å². The third kappa shape index (κ3) is 5.87. The Kier molecular flexibility index (Phi) is 7.63. The lowest BCUT2D eigenvalue weighted by molar-refractivity contribution is -0.121. The fourth-order valence-electron chi connectivity index (χ4n) is 2.00. The highest BCUT2D eigenvalue weighted by atomic mass is 35.5. The van der Waals surface area contributed by atoms with Gasteiger partial charge in [-0.25, -0.2) is 4.68 Å². The summed E-state index contributed by atoms with van der Waals surface area (Å²) in [7, 11) is 0. The quantitative estimate of drug-likeness (QED) is 0.819. The van der Waals surface area contributed by atoms with Crippen LogP contribution in [0.15, 0.2) is 42.7 Å². The summed E-state index contributed by atoms with van der Waals surface area (Å²) in [6, 6.07) is 10.0. The number of halogens is 1. The van der Waals surface area contributed by atoms with Gasteiger partial charge in [0.1, 0.15) is 0 Å². The first-order valence-electron chi connectivity index (χ1n) is 7.26. The van der Waals surface area contributed by atoms with Gasteiger partial charge in [-0.1, -0.05) is 18.2 Å². The highest BCUT2D eigenvalue weighted by Crippen LogP contribution is 2.07. The third-order valence-corrected chi connectivity index (χ3v) is 3.22. The molecule has 0 saturated carbocycles. The summed E-state index contributed by atoms with van der Waals surface area (Å²) in [6.07, 6.45) is 5.81. The van der Waals surface area contributed by atoms with E-state index < -0.39 is 0 Å². The maximum atomic E-state index is 11.6. The van der Waals surface area contributed by atoms with E-state index in [4.69, 9.17) is 5.73 Å². The van der Waals surface area contributed by atoms with Crippen LogP contribution < -0.4 is 11.1 Å². The Balaban J connectivity index is 0.00000242. The molecule has 3 N–H and O–H groups in total. The van der Waals surface area contributed by atoms with Gasteiger partial charge in [-0.05, 0) is 37.5 Å². The lowest BCUT2D eigenvalue weighted by Gasteiger charge is -2.06. The van der Waals surface area contributed by atoms with Crippen LogP contribution in [-0.4, -0.2) is 28.3 Å². The van der Waals surface area contributed by atoms with E-state index in [0.717, 1.165) is 24.1 Å². The lowest BCUT2D eigenvalue weighted by Crippen LogP contribution is -2.27. The first kappa shape index (κ1) is 18.2. The fourth-order valence-corrected chi connectivity index (χ4v) is 2.00. The number of para-hydroxylation sites is 1. The molecule has 0 aliphatic carbocycles. The highest BCUT2D eigenvalue weighted by Gasteiger charge is 2.04. The summed E-state index contributed by atoms with van der Waals surface area (Å²) in [5.74, 6) is 0.0581. The van der Waals surface area contributed by atoms with Crippen LogP contribution in [0.1, 0.15) is 25.3 Å². The van der Waals surface area contributed by atoms with Crippen molar-refractivity contribution in [2.75, 3.05) is 6.54 Å². The minimum atomic E-state index is 0. The van der Waals surface area contributed by atoms with Gasteiger partial charge in [0.2, 0.25) is 5.91 Å². The van der Waals surface area contributed by atoms with Crippen LogP contribution in [-0.2, 0) is 11.2 Å². The fraction of sp³-hybridized carbons (Fsp3) is 0.375. The Bertz CT molecular complexity index is 569. The van der Waals surface area contributed by atoms with Crippen molar-refractivity contribution >= 4 is 18.3 Å². The van der Waals surface area contributed by atoms with E-state index in [9.17, 15) is 4.79 Å². The maximum absolute atomic E-state index is 11.6. The Morgan fingerprint density at radius 3 is 2.77 bits per heavy atom. The van der Waals surface area contributed by atoms with Crippen LogP contribution in [0, 0.1) is 0 Å². The van der Waals surface area contributed by atoms with Gasteiger partial charge >= 0.3 is 0 Å². The zero-order valence-electron chi connectivity index (χ0n) is 12.7. The molecule has 5 nitrogen and oxygen atoms in total. The number of benzene rings is 1. The topological polar surface area (TPSA) is 72.9 Å². The van der Waals surface area contributed by atoms with Crippen LogP contribution in [0.4, 0.5) is 0 Å². The highest BCUT2D eigenvalue weighted by molar-refractivity contribution is 5.85. The van der Waals surface area contributed by atoms with Crippen LogP contribution in [0.3, 0.4) is 0 Å². The molecule has 6 heteroatoms. The molecule has 0 bridgehead atoms. The van der Waals surface area contributed by atoms with Gasteiger partial charge < -0.3 is 11.1 Å². The van der Waals surface area contributed by atoms with E-state index in [0.29, 0.717) is 13.0 Å². The molecule has 0 spiro atoms. The molecule has 22 heavy (non-hydrogen) atoms. The molecule has 2 aromatic rings. The van der Waals surface area contributed by atoms with Crippen LogP contribution in [0.2, 0.25) is 0 Å². The number of rotatable bonds is 7. The minimum Gasteiger partial charge on any atom is -0.356 e. The molecule has 2 rings (SSSR count). The SMILES string of the molecule is CC(N)CCC(=O)NCCc1cnn(-c2ccccc2)c1.Cl. The molecule has 1 aromatic heterocycles. The predicted octanol–water partition coefficient (Wildman–Crippen LogP) is 2.08. The van der Waals surface area contributed by atoms with Gasteiger partial charge in [0.15, 0.2) is 0 Å². The Morgan fingerprint density at radius 1 is 1.36 bits per heavy atom. The first-order valence-corrected chi connectivity index (χ1v) is 7.26. The molecule has 1 heterocycles. The van der Waals surface area contributed by atoms with Gasteiger partial charge in [-0.2, -0.15) is 5.10 Å². The largest absolute Gasteiger partial charge is 0.356 e. The minimum absolute atomic E-state index is 0. The summed E-state index contributed by atoms with van der Waals surface area (Å²) in [5, 5.41) is 7.24. The standard InChI is InChI=1S/C16H22N4O.ClH/c1-13(17)7-8-16(21)18-10-9-14-11-19-20(12-14)15-5-3-2-4-6-15;/h2-6,11-13H,7-10,17H2,1H3,(H,18,21);1H. The van der Waals surface area contributed by atoms with E-state index in [1.165, 1.54) is 0 Å². The molecule has 1 amide bonds. The van der Waals surface area contributed by atoms with Gasteiger partial charge in [-0.3, -0.25) is 4.79 Å². The van der Waals surface area contributed by atoms with Crippen molar-refractivity contribution in [3.8, 4) is 5.69 Å². The Labute approximate surface area is 137 Å². The number of aromatic nitrogens is 2. The van der Waals surface area contributed by atoms with Crippen molar-refractivity contribution in [3.63, 3.8) is 0 Å². The average Bonchev–Trinajstić information content (AvgIpc) is 2.95. The molecule has 0 radical (unpaired) electrons. The summed E-state index contributed by atoms with van der Waals surface area (Å²) < 4.78 is 1.84. The first-order chi connectivity index (χ1) is 10.1. The number of nitrogens with two attached hydrogens (primary N) is 1. The molecule has 120 valence electrons. The van der Waals surface area contributed by atoms with E-state index in [-0.39, 0.29) is 24.4 Å². The number of carbonyl (C=O) groups is 1. The molecular weight excluding hydrogens is 300 g/mol. The summed E-state index contributed by atoms with van der Waals surface area (Å²) in [5.41, 5.74) is 7.76. The normalized spacial score (nSPS) is 11.5. The summed E-state index contributed by atoms with van der Waals surface area (Å²) in [4.78, 5) is 11.6. The van der Waals surface area contributed by atoms with E-state index in [1.54, 1.807) is 0 Å². The number of hydrogen-bond donors (Lipinski definition) is 2. The van der Waals surface area contributed by atoms with Crippen LogP contribution in [0.5, 0.6) is 0 Å². The summed E-state index contributed by atoms with van der Waals surface area (Å²) in [6.45, 7) is 2.53. The molecule has 0 aliphatic heterocycles. The Hall–Kier alpha value is -1.85. The molecule has 1 atom stereocenters.